The summed E-state index contributed by atoms with van der Waals surface area (Å²) in [5.41, 5.74) is 1.87. The monoisotopic (exact) mass is 268 g/mol. The van der Waals surface area contributed by atoms with Crippen LogP contribution in [0.3, 0.4) is 0 Å². The third-order valence-electron chi connectivity index (χ3n) is 2.85. The van der Waals surface area contributed by atoms with Gasteiger partial charge in [0.05, 0.1) is 23.6 Å². The van der Waals surface area contributed by atoms with E-state index in [1.165, 1.54) is 6.20 Å². The van der Waals surface area contributed by atoms with Crippen molar-refractivity contribution in [2.24, 2.45) is 0 Å². The number of carbonyl (C=O) groups excluding carboxylic acids is 1. The van der Waals surface area contributed by atoms with Crippen molar-refractivity contribution >= 4 is 11.6 Å². The van der Waals surface area contributed by atoms with Crippen LogP contribution in [-0.4, -0.2) is 30.6 Å². The SMILES string of the molecule is Cc1[nH]ncc1C(=O)Nc1ccc(-n2ccnc2)nc1. The molecule has 0 radical (unpaired) electrons. The maximum absolute atomic E-state index is 12.0. The van der Waals surface area contributed by atoms with Gasteiger partial charge in [0, 0.05) is 18.1 Å². The minimum absolute atomic E-state index is 0.214. The van der Waals surface area contributed by atoms with E-state index in [-0.39, 0.29) is 5.91 Å². The number of nitrogens with one attached hydrogen (secondary N) is 2. The highest BCUT2D eigenvalue weighted by Crippen LogP contribution is 2.12. The topological polar surface area (TPSA) is 88.5 Å². The van der Waals surface area contributed by atoms with Gasteiger partial charge in [0.2, 0.25) is 0 Å². The van der Waals surface area contributed by atoms with E-state index in [4.69, 9.17) is 0 Å². The van der Waals surface area contributed by atoms with Gasteiger partial charge in [-0.15, -0.1) is 0 Å². The van der Waals surface area contributed by atoms with Gasteiger partial charge in [-0.1, -0.05) is 0 Å². The highest BCUT2D eigenvalue weighted by Gasteiger charge is 2.11. The van der Waals surface area contributed by atoms with Crippen LogP contribution in [-0.2, 0) is 0 Å². The summed E-state index contributed by atoms with van der Waals surface area (Å²) < 4.78 is 1.78. The summed E-state index contributed by atoms with van der Waals surface area (Å²) >= 11 is 0. The maximum atomic E-state index is 12.0. The minimum Gasteiger partial charge on any atom is -0.320 e. The molecule has 3 rings (SSSR count). The average Bonchev–Trinajstić information content (AvgIpc) is 3.10. The molecular formula is C13H12N6O. The van der Waals surface area contributed by atoms with Gasteiger partial charge in [-0.25, -0.2) is 9.97 Å². The highest BCUT2D eigenvalue weighted by atomic mass is 16.1. The summed E-state index contributed by atoms with van der Waals surface area (Å²) in [4.78, 5) is 20.2. The van der Waals surface area contributed by atoms with Gasteiger partial charge in [-0.2, -0.15) is 5.10 Å². The number of amides is 1. The van der Waals surface area contributed by atoms with Crippen molar-refractivity contribution in [3.05, 3.63) is 54.5 Å². The number of hydrogen-bond donors (Lipinski definition) is 2. The van der Waals surface area contributed by atoms with Crippen molar-refractivity contribution in [3.63, 3.8) is 0 Å². The number of aromatic nitrogens is 5. The van der Waals surface area contributed by atoms with Crippen molar-refractivity contribution in [3.8, 4) is 5.82 Å². The van der Waals surface area contributed by atoms with Crippen LogP contribution in [0.5, 0.6) is 0 Å². The molecule has 0 saturated heterocycles. The summed E-state index contributed by atoms with van der Waals surface area (Å²) in [5.74, 6) is 0.522. The second-order valence-corrected chi connectivity index (χ2v) is 4.24. The van der Waals surface area contributed by atoms with Crippen molar-refractivity contribution in [2.75, 3.05) is 5.32 Å². The van der Waals surface area contributed by atoms with E-state index in [2.05, 4.69) is 25.5 Å². The van der Waals surface area contributed by atoms with E-state index in [1.807, 2.05) is 0 Å². The first-order valence-corrected chi connectivity index (χ1v) is 6.00. The number of aromatic amines is 1. The van der Waals surface area contributed by atoms with Crippen molar-refractivity contribution < 1.29 is 4.79 Å². The Labute approximate surface area is 114 Å². The Morgan fingerprint density at radius 1 is 1.35 bits per heavy atom. The lowest BCUT2D eigenvalue weighted by Gasteiger charge is -2.05. The number of nitrogens with zero attached hydrogens (tertiary/aromatic N) is 4. The minimum atomic E-state index is -0.214. The van der Waals surface area contributed by atoms with Gasteiger partial charge in [0.1, 0.15) is 12.1 Å². The Morgan fingerprint density at radius 3 is 2.85 bits per heavy atom. The van der Waals surface area contributed by atoms with Crippen LogP contribution >= 0.6 is 0 Å². The molecule has 1 amide bonds. The zero-order valence-electron chi connectivity index (χ0n) is 10.7. The molecule has 0 unspecified atom stereocenters. The molecule has 20 heavy (non-hydrogen) atoms. The largest absolute Gasteiger partial charge is 0.320 e. The Kier molecular flexibility index (Phi) is 3.00. The summed E-state index contributed by atoms with van der Waals surface area (Å²) in [6.45, 7) is 1.79. The third-order valence-corrected chi connectivity index (χ3v) is 2.85. The number of anilines is 1. The van der Waals surface area contributed by atoms with Gasteiger partial charge in [-0.05, 0) is 19.1 Å². The van der Waals surface area contributed by atoms with Crippen molar-refractivity contribution in [2.45, 2.75) is 6.92 Å². The van der Waals surface area contributed by atoms with Crippen LogP contribution in [0.4, 0.5) is 5.69 Å². The van der Waals surface area contributed by atoms with Gasteiger partial charge < -0.3 is 5.32 Å². The number of hydrogen-bond acceptors (Lipinski definition) is 4. The molecule has 3 aromatic heterocycles. The fourth-order valence-corrected chi connectivity index (χ4v) is 1.79. The Hall–Kier alpha value is -2.96. The first kappa shape index (κ1) is 12.1. The van der Waals surface area contributed by atoms with E-state index < -0.39 is 0 Å². The zero-order chi connectivity index (χ0) is 13.9. The molecule has 2 N–H and O–H groups in total. The number of imidazole rings is 1. The van der Waals surface area contributed by atoms with Gasteiger partial charge in [-0.3, -0.25) is 14.5 Å². The van der Waals surface area contributed by atoms with Crippen LogP contribution in [0.15, 0.2) is 43.2 Å². The second-order valence-electron chi connectivity index (χ2n) is 4.24. The van der Waals surface area contributed by atoms with E-state index in [9.17, 15) is 4.79 Å². The lowest BCUT2D eigenvalue weighted by atomic mass is 10.2. The predicted molar refractivity (Wildman–Crippen MR) is 72.6 cm³/mol. The predicted octanol–water partition coefficient (Wildman–Crippen LogP) is 1.55. The van der Waals surface area contributed by atoms with Crippen molar-refractivity contribution in [1.29, 1.82) is 0 Å². The van der Waals surface area contributed by atoms with Crippen LogP contribution in [0, 0.1) is 6.92 Å². The number of H-pyrrole nitrogens is 1. The molecule has 0 aliphatic rings. The van der Waals surface area contributed by atoms with Crippen LogP contribution in [0.25, 0.3) is 5.82 Å². The van der Waals surface area contributed by atoms with E-state index >= 15 is 0 Å². The lowest BCUT2D eigenvalue weighted by Crippen LogP contribution is -2.12. The van der Waals surface area contributed by atoms with Crippen molar-refractivity contribution in [1.82, 2.24) is 24.7 Å². The molecule has 3 heterocycles. The van der Waals surface area contributed by atoms with Gasteiger partial charge in [0.25, 0.3) is 5.91 Å². The first-order valence-electron chi connectivity index (χ1n) is 6.00. The molecule has 7 nitrogen and oxygen atoms in total. The molecule has 0 atom stereocenters. The quantitative estimate of drug-likeness (QED) is 0.754. The van der Waals surface area contributed by atoms with Gasteiger partial charge >= 0.3 is 0 Å². The summed E-state index contributed by atoms with van der Waals surface area (Å²) in [6, 6.07) is 3.59. The molecule has 0 fully saturated rings. The summed E-state index contributed by atoms with van der Waals surface area (Å²) in [7, 11) is 0. The standard InChI is InChI=1S/C13H12N6O/c1-9-11(7-16-18-9)13(20)17-10-2-3-12(15-6-10)19-5-4-14-8-19/h2-8H,1H3,(H,16,18)(H,17,20). The molecule has 100 valence electrons. The molecule has 7 heteroatoms. The highest BCUT2D eigenvalue weighted by molar-refractivity contribution is 6.04. The third kappa shape index (κ3) is 2.28. The van der Waals surface area contributed by atoms with Gasteiger partial charge in [0.15, 0.2) is 0 Å². The summed E-state index contributed by atoms with van der Waals surface area (Å²) in [5, 5.41) is 9.32. The molecule has 0 aliphatic carbocycles. The zero-order valence-corrected chi connectivity index (χ0v) is 10.7. The molecule has 3 aromatic rings. The first-order chi connectivity index (χ1) is 9.74. The van der Waals surface area contributed by atoms with Crippen LogP contribution in [0.1, 0.15) is 16.1 Å². The molecule has 0 aromatic carbocycles. The smallest absolute Gasteiger partial charge is 0.259 e. The molecule has 0 aliphatic heterocycles. The Balaban J connectivity index is 1.76. The fraction of sp³-hybridized carbons (Fsp3) is 0.0769. The number of aryl methyl sites for hydroxylation is 1. The second kappa shape index (κ2) is 4.96. The molecular weight excluding hydrogens is 256 g/mol. The Bertz CT molecular complexity index is 714. The summed E-state index contributed by atoms with van der Waals surface area (Å²) in [6.07, 6.45) is 8.24. The number of carbonyl (C=O) groups is 1. The maximum Gasteiger partial charge on any atom is 0.259 e. The van der Waals surface area contributed by atoms with E-state index in [0.717, 1.165) is 11.5 Å². The number of rotatable bonds is 3. The van der Waals surface area contributed by atoms with Crippen LogP contribution < -0.4 is 5.32 Å². The lowest BCUT2D eigenvalue weighted by molar-refractivity contribution is 0.102. The fourth-order valence-electron chi connectivity index (χ4n) is 1.79. The van der Waals surface area contributed by atoms with E-state index in [0.29, 0.717) is 11.3 Å². The molecule has 0 spiro atoms. The molecule has 0 bridgehead atoms. The normalized spacial score (nSPS) is 10.4. The Morgan fingerprint density at radius 2 is 2.25 bits per heavy atom. The number of pyridine rings is 1. The molecule has 0 saturated carbocycles. The van der Waals surface area contributed by atoms with Crippen LogP contribution in [0.2, 0.25) is 0 Å². The average molecular weight is 268 g/mol. The van der Waals surface area contributed by atoms with E-state index in [1.54, 1.807) is 48.5 Å².